The van der Waals surface area contributed by atoms with Gasteiger partial charge in [0.15, 0.2) is 11.6 Å². The van der Waals surface area contributed by atoms with Crippen LogP contribution in [0.25, 0.3) is 11.1 Å². The number of aliphatic hydroxyl groups is 1. The molecule has 8 nitrogen and oxygen atoms in total. The SMILES string of the molecule is CCC(N)(CC)C/C=C/C(=O)N(C)[C@H](Cc1ccc(-c2ccccc2)cc1)C(=O)N(C)[C@H](Cc1ccc(F)c(F)c1)C(=O)NCC(C)(C)CO. The van der Waals surface area contributed by atoms with Crippen LogP contribution in [0.4, 0.5) is 8.78 Å². The lowest BCUT2D eigenvalue weighted by molar-refractivity contribution is -0.146. The van der Waals surface area contributed by atoms with E-state index in [2.05, 4.69) is 5.32 Å². The summed E-state index contributed by atoms with van der Waals surface area (Å²) in [5, 5.41) is 12.5. The summed E-state index contributed by atoms with van der Waals surface area (Å²) in [5.41, 5.74) is 8.47. The summed E-state index contributed by atoms with van der Waals surface area (Å²) in [5.74, 6) is -3.55. The lowest BCUT2D eigenvalue weighted by Gasteiger charge is -2.35. The van der Waals surface area contributed by atoms with Crippen molar-refractivity contribution in [1.29, 1.82) is 0 Å². The van der Waals surface area contributed by atoms with Gasteiger partial charge in [0.2, 0.25) is 17.7 Å². The topological polar surface area (TPSA) is 116 Å². The highest BCUT2D eigenvalue weighted by molar-refractivity contribution is 5.95. The molecule has 0 bridgehead atoms. The molecule has 0 unspecified atom stereocenters. The number of hydrogen-bond donors (Lipinski definition) is 3. The van der Waals surface area contributed by atoms with Crippen molar-refractivity contribution in [3.05, 3.63) is 108 Å². The van der Waals surface area contributed by atoms with Crippen LogP contribution in [0.15, 0.2) is 84.9 Å². The van der Waals surface area contributed by atoms with E-state index in [0.29, 0.717) is 12.0 Å². The van der Waals surface area contributed by atoms with Crippen molar-refractivity contribution in [2.24, 2.45) is 11.1 Å². The smallest absolute Gasteiger partial charge is 0.246 e. The van der Waals surface area contributed by atoms with Gasteiger partial charge in [0.25, 0.3) is 0 Å². The molecule has 10 heteroatoms. The first kappa shape index (κ1) is 40.0. The number of likely N-dealkylation sites (N-methyl/N-ethyl adjacent to an activating group) is 2. The van der Waals surface area contributed by atoms with E-state index in [4.69, 9.17) is 5.73 Å². The standard InChI is InChI=1S/C40H52F2N4O4/c1-7-40(43,8-2)22-12-15-36(48)45(5)35(24-28-16-19-31(20-17-28)30-13-10-9-11-14-30)38(50)46(6)34(37(49)44-26-39(3,4)27-47)25-29-18-21-32(41)33(42)23-29/h9-21,23,34-35,47H,7-8,22,24-27,43H2,1-6H3,(H,44,49)/b15-12+/t34-,35-/m1/s1. The number of aliphatic hydroxyl groups excluding tert-OH is 1. The Kier molecular flexibility index (Phi) is 14.4. The number of nitrogens with zero attached hydrogens (tertiary/aromatic N) is 2. The number of carbonyl (C=O) groups is 3. The highest BCUT2D eigenvalue weighted by Crippen LogP contribution is 2.23. The molecule has 0 heterocycles. The summed E-state index contributed by atoms with van der Waals surface area (Å²) in [6, 6.07) is 18.8. The van der Waals surface area contributed by atoms with Gasteiger partial charge in [0.05, 0.1) is 0 Å². The van der Waals surface area contributed by atoms with Gasteiger partial charge in [0.1, 0.15) is 12.1 Å². The van der Waals surface area contributed by atoms with Gasteiger partial charge in [-0.2, -0.15) is 0 Å². The van der Waals surface area contributed by atoms with Gasteiger partial charge in [-0.3, -0.25) is 14.4 Å². The van der Waals surface area contributed by atoms with E-state index in [-0.39, 0.29) is 26.0 Å². The van der Waals surface area contributed by atoms with Crippen LogP contribution >= 0.6 is 0 Å². The number of hydrogen-bond acceptors (Lipinski definition) is 5. The first-order valence-electron chi connectivity index (χ1n) is 17.1. The summed E-state index contributed by atoms with van der Waals surface area (Å²) < 4.78 is 28.0. The summed E-state index contributed by atoms with van der Waals surface area (Å²) >= 11 is 0. The molecule has 0 aliphatic carbocycles. The first-order valence-corrected chi connectivity index (χ1v) is 17.1. The number of rotatable bonds is 17. The Morgan fingerprint density at radius 1 is 0.840 bits per heavy atom. The second-order valence-electron chi connectivity index (χ2n) is 13.9. The largest absolute Gasteiger partial charge is 0.396 e. The number of carbonyl (C=O) groups excluding carboxylic acids is 3. The monoisotopic (exact) mass is 690 g/mol. The highest BCUT2D eigenvalue weighted by Gasteiger charge is 2.35. The maximum absolute atomic E-state index is 14.5. The van der Waals surface area contributed by atoms with Crippen molar-refractivity contribution < 1.29 is 28.3 Å². The Balaban J connectivity index is 1.98. The Hall–Kier alpha value is -4.41. The zero-order valence-corrected chi connectivity index (χ0v) is 30.1. The Bertz CT molecular complexity index is 1610. The molecule has 0 aliphatic rings. The minimum absolute atomic E-state index is 0.108. The van der Waals surface area contributed by atoms with Crippen molar-refractivity contribution >= 4 is 17.7 Å². The minimum atomic E-state index is -1.14. The molecule has 0 aromatic heterocycles. The molecular weight excluding hydrogens is 638 g/mol. The Labute approximate surface area is 295 Å². The zero-order chi connectivity index (χ0) is 37.1. The third-order valence-corrected chi connectivity index (χ3v) is 9.48. The van der Waals surface area contributed by atoms with E-state index >= 15 is 0 Å². The molecule has 2 atom stereocenters. The highest BCUT2D eigenvalue weighted by atomic mass is 19.2. The maximum atomic E-state index is 14.5. The summed E-state index contributed by atoms with van der Waals surface area (Å²) in [6.07, 6.45) is 5.14. The van der Waals surface area contributed by atoms with E-state index in [1.54, 1.807) is 27.0 Å². The van der Waals surface area contributed by atoms with Gasteiger partial charge >= 0.3 is 0 Å². The molecule has 3 amide bonds. The van der Waals surface area contributed by atoms with Gasteiger partial charge in [-0.05, 0) is 59.7 Å². The van der Waals surface area contributed by atoms with Crippen molar-refractivity contribution in [2.75, 3.05) is 27.2 Å². The third kappa shape index (κ3) is 11.1. The molecule has 0 fully saturated rings. The van der Waals surface area contributed by atoms with Gasteiger partial charge in [-0.1, -0.05) is 94.4 Å². The van der Waals surface area contributed by atoms with Gasteiger partial charge in [-0.15, -0.1) is 0 Å². The average Bonchev–Trinajstić information content (AvgIpc) is 3.12. The van der Waals surface area contributed by atoms with Crippen molar-refractivity contribution in [3.8, 4) is 11.1 Å². The average molecular weight is 691 g/mol. The molecule has 4 N–H and O–H groups in total. The fourth-order valence-corrected chi connectivity index (χ4v) is 5.47. The van der Waals surface area contributed by atoms with E-state index in [9.17, 15) is 28.3 Å². The molecule has 3 aromatic rings. The van der Waals surface area contributed by atoms with E-state index in [0.717, 1.165) is 41.7 Å². The van der Waals surface area contributed by atoms with E-state index < -0.39 is 52.4 Å². The molecule has 0 saturated carbocycles. The molecule has 0 spiro atoms. The van der Waals surface area contributed by atoms with Crippen LogP contribution in [0.2, 0.25) is 0 Å². The maximum Gasteiger partial charge on any atom is 0.246 e. The minimum Gasteiger partial charge on any atom is -0.396 e. The second kappa shape index (κ2) is 18.0. The molecule has 50 heavy (non-hydrogen) atoms. The molecule has 270 valence electrons. The molecule has 0 aliphatic heterocycles. The number of benzene rings is 3. The zero-order valence-electron chi connectivity index (χ0n) is 30.1. The molecule has 3 aromatic carbocycles. The lowest BCUT2D eigenvalue weighted by atomic mass is 9.90. The lowest BCUT2D eigenvalue weighted by Crippen LogP contribution is -2.56. The number of nitrogens with two attached hydrogens (primary N) is 1. The predicted octanol–water partition coefficient (Wildman–Crippen LogP) is 5.67. The third-order valence-electron chi connectivity index (χ3n) is 9.48. The fraction of sp³-hybridized carbons (Fsp3) is 0.425. The molecule has 3 rings (SSSR count). The van der Waals surface area contributed by atoms with Crippen LogP contribution in [0, 0.1) is 17.0 Å². The van der Waals surface area contributed by atoms with Crippen LogP contribution in [-0.2, 0) is 27.2 Å². The van der Waals surface area contributed by atoms with E-state index in [1.165, 1.54) is 29.0 Å². The van der Waals surface area contributed by atoms with E-state index in [1.807, 2.05) is 68.4 Å². The van der Waals surface area contributed by atoms with Crippen LogP contribution in [0.1, 0.15) is 58.1 Å². The van der Waals surface area contributed by atoms with Crippen molar-refractivity contribution in [2.45, 2.75) is 77.4 Å². The van der Waals surface area contributed by atoms with Crippen molar-refractivity contribution in [1.82, 2.24) is 15.1 Å². The Morgan fingerprint density at radius 3 is 2.00 bits per heavy atom. The normalized spacial score (nSPS) is 13.2. The van der Waals surface area contributed by atoms with Crippen molar-refractivity contribution in [3.63, 3.8) is 0 Å². The number of nitrogens with one attached hydrogen (secondary N) is 1. The number of halogens is 2. The quantitative estimate of drug-likeness (QED) is 0.158. The summed E-state index contributed by atoms with van der Waals surface area (Å²) in [6.45, 7) is 7.46. The first-order chi connectivity index (χ1) is 23.6. The predicted molar refractivity (Wildman–Crippen MR) is 194 cm³/mol. The molecule has 0 radical (unpaired) electrons. The molecule has 0 saturated heterocycles. The van der Waals surface area contributed by atoms with Gasteiger partial charge < -0.3 is 26.0 Å². The summed E-state index contributed by atoms with van der Waals surface area (Å²) in [4.78, 5) is 44.3. The van der Waals surface area contributed by atoms with Crippen LogP contribution in [0.3, 0.4) is 0 Å². The molecular formula is C40H52F2N4O4. The van der Waals surface area contributed by atoms with Crippen LogP contribution in [-0.4, -0.2) is 77.5 Å². The Morgan fingerprint density at radius 2 is 1.42 bits per heavy atom. The van der Waals surface area contributed by atoms with Gasteiger partial charge in [0, 0.05) is 51.0 Å². The summed E-state index contributed by atoms with van der Waals surface area (Å²) in [7, 11) is 3.01. The number of amides is 3. The second-order valence-corrected chi connectivity index (χ2v) is 13.9. The van der Waals surface area contributed by atoms with Crippen LogP contribution < -0.4 is 11.1 Å². The fourth-order valence-electron chi connectivity index (χ4n) is 5.47. The van der Waals surface area contributed by atoms with Crippen LogP contribution in [0.5, 0.6) is 0 Å². The van der Waals surface area contributed by atoms with Gasteiger partial charge in [-0.25, -0.2) is 8.78 Å².